The van der Waals surface area contributed by atoms with Gasteiger partial charge in [0.2, 0.25) is 0 Å². The molecule has 1 aliphatic heterocycles. The van der Waals surface area contributed by atoms with Gasteiger partial charge in [0.25, 0.3) is 0 Å². The summed E-state index contributed by atoms with van der Waals surface area (Å²) in [5.41, 5.74) is 3.80. The maximum absolute atomic E-state index is 5.60. The molecule has 2 aromatic carbocycles. The second-order valence-electron chi connectivity index (χ2n) is 7.10. The number of likely N-dealkylation sites (N-methyl/N-ethyl adjacent to an activating group) is 1. The van der Waals surface area contributed by atoms with Gasteiger partial charge in [-0.2, -0.15) is 0 Å². The van der Waals surface area contributed by atoms with Gasteiger partial charge in [-0.15, -0.1) is 6.42 Å². The molecule has 1 saturated heterocycles. The van der Waals surface area contributed by atoms with Gasteiger partial charge in [-0.1, -0.05) is 48.4 Å². The molecule has 4 heteroatoms. The lowest BCUT2D eigenvalue weighted by Gasteiger charge is -2.32. The van der Waals surface area contributed by atoms with Crippen LogP contribution in [0.5, 0.6) is 5.75 Å². The van der Waals surface area contributed by atoms with Crippen LogP contribution in [0.3, 0.4) is 0 Å². The molecule has 0 spiro atoms. The fourth-order valence-electron chi connectivity index (χ4n) is 3.28. The Morgan fingerprint density at radius 3 is 2.41 bits per heavy atom. The second kappa shape index (κ2) is 10.1. The van der Waals surface area contributed by atoms with Gasteiger partial charge in [0.15, 0.2) is 0 Å². The van der Waals surface area contributed by atoms with E-state index in [1.807, 2.05) is 18.2 Å². The molecule has 27 heavy (non-hydrogen) atoms. The summed E-state index contributed by atoms with van der Waals surface area (Å²) in [5, 5.41) is 3.49. The van der Waals surface area contributed by atoms with Crippen molar-refractivity contribution < 1.29 is 4.74 Å². The van der Waals surface area contributed by atoms with Crippen LogP contribution in [-0.4, -0.2) is 49.6 Å². The predicted molar refractivity (Wildman–Crippen MR) is 111 cm³/mol. The zero-order valence-electron chi connectivity index (χ0n) is 16.2. The first-order valence-electron chi connectivity index (χ1n) is 9.58. The number of hydrogen-bond donors (Lipinski definition) is 1. The van der Waals surface area contributed by atoms with Gasteiger partial charge in [0, 0.05) is 51.4 Å². The summed E-state index contributed by atoms with van der Waals surface area (Å²) in [6, 6.07) is 17.0. The van der Waals surface area contributed by atoms with Gasteiger partial charge < -0.3 is 15.0 Å². The Kier molecular flexibility index (Phi) is 7.29. The minimum atomic E-state index is 0.297. The van der Waals surface area contributed by atoms with Crippen molar-refractivity contribution in [1.82, 2.24) is 15.1 Å². The normalized spacial score (nSPS) is 15.4. The van der Waals surface area contributed by atoms with E-state index in [-0.39, 0.29) is 0 Å². The fraction of sp³-hybridized carbons (Fsp3) is 0.391. The molecule has 1 aliphatic rings. The smallest absolute Gasteiger partial charge is 0.148 e. The Bertz CT molecular complexity index is 743. The quantitative estimate of drug-likeness (QED) is 0.730. The summed E-state index contributed by atoms with van der Waals surface area (Å²) >= 11 is 0. The molecule has 1 fully saturated rings. The third-order valence-corrected chi connectivity index (χ3v) is 4.95. The number of hydrogen-bond acceptors (Lipinski definition) is 4. The summed E-state index contributed by atoms with van der Waals surface area (Å²) in [6.45, 7) is 7.56. The van der Waals surface area contributed by atoms with Crippen LogP contribution in [0.2, 0.25) is 0 Å². The molecule has 0 radical (unpaired) electrons. The van der Waals surface area contributed by atoms with Crippen LogP contribution in [0.4, 0.5) is 0 Å². The summed E-state index contributed by atoms with van der Waals surface area (Å²) in [7, 11) is 2.19. The van der Waals surface area contributed by atoms with Crippen molar-refractivity contribution in [2.45, 2.75) is 19.6 Å². The van der Waals surface area contributed by atoms with Crippen LogP contribution in [-0.2, 0) is 19.6 Å². The SMILES string of the molecule is C#CCOc1ccccc1CNCc1ccc(CN2CCN(C)CC2)cc1. The highest BCUT2D eigenvalue weighted by molar-refractivity contribution is 5.33. The molecule has 0 bridgehead atoms. The molecule has 0 unspecified atom stereocenters. The minimum absolute atomic E-state index is 0.297. The van der Waals surface area contributed by atoms with Crippen LogP contribution in [0, 0.1) is 12.3 Å². The number of nitrogens with zero attached hydrogens (tertiary/aromatic N) is 2. The number of terminal acetylenes is 1. The first-order chi connectivity index (χ1) is 13.2. The molecular formula is C23H29N3O. The fourth-order valence-corrected chi connectivity index (χ4v) is 3.28. The van der Waals surface area contributed by atoms with Gasteiger partial charge in [-0.05, 0) is 24.2 Å². The second-order valence-corrected chi connectivity index (χ2v) is 7.10. The van der Waals surface area contributed by atoms with Crippen molar-refractivity contribution in [3.8, 4) is 18.1 Å². The molecule has 0 amide bonds. The molecule has 2 aromatic rings. The van der Waals surface area contributed by atoms with E-state index in [4.69, 9.17) is 11.2 Å². The molecule has 3 rings (SSSR count). The van der Waals surface area contributed by atoms with Crippen molar-refractivity contribution in [1.29, 1.82) is 0 Å². The van der Waals surface area contributed by atoms with Gasteiger partial charge in [0.1, 0.15) is 12.4 Å². The zero-order chi connectivity index (χ0) is 18.9. The summed E-state index contributed by atoms with van der Waals surface area (Å²) < 4.78 is 5.60. The standard InChI is InChI=1S/C23H29N3O/c1-3-16-27-23-7-5-4-6-22(23)18-24-17-20-8-10-21(11-9-20)19-26-14-12-25(2)13-15-26/h1,4-11,24H,12-19H2,2H3. The van der Waals surface area contributed by atoms with E-state index in [9.17, 15) is 0 Å². The Labute approximate surface area is 163 Å². The van der Waals surface area contributed by atoms with Gasteiger partial charge in [0.05, 0.1) is 0 Å². The van der Waals surface area contributed by atoms with Gasteiger partial charge in [-0.3, -0.25) is 4.90 Å². The van der Waals surface area contributed by atoms with Crippen molar-refractivity contribution in [2.75, 3.05) is 39.8 Å². The van der Waals surface area contributed by atoms with E-state index in [2.05, 4.69) is 58.4 Å². The van der Waals surface area contributed by atoms with E-state index >= 15 is 0 Å². The number of rotatable bonds is 8. The summed E-state index contributed by atoms with van der Waals surface area (Å²) in [6.07, 6.45) is 5.28. The summed E-state index contributed by atoms with van der Waals surface area (Å²) in [4.78, 5) is 4.92. The number of piperazine rings is 1. The summed E-state index contributed by atoms with van der Waals surface area (Å²) in [5.74, 6) is 3.37. The highest BCUT2D eigenvalue weighted by atomic mass is 16.5. The molecule has 0 saturated carbocycles. The minimum Gasteiger partial charge on any atom is -0.481 e. The lowest BCUT2D eigenvalue weighted by atomic mass is 10.1. The van der Waals surface area contributed by atoms with Crippen LogP contribution in [0.25, 0.3) is 0 Å². The lowest BCUT2D eigenvalue weighted by molar-refractivity contribution is 0.148. The molecule has 1 N–H and O–H groups in total. The Balaban J connectivity index is 1.46. The average Bonchev–Trinajstić information content (AvgIpc) is 2.70. The Hall–Kier alpha value is -2.32. The molecular weight excluding hydrogens is 334 g/mol. The number of nitrogens with one attached hydrogen (secondary N) is 1. The van der Waals surface area contributed by atoms with Crippen molar-refractivity contribution in [3.63, 3.8) is 0 Å². The van der Waals surface area contributed by atoms with Crippen LogP contribution in [0.1, 0.15) is 16.7 Å². The van der Waals surface area contributed by atoms with Crippen LogP contribution in [0.15, 0.2) is 48.5 Å². The highest BCUT2D eigenvalue weighted by Crippen LogP contribution is 2.18. The topological polar surface area (TPSA) is 27.7 Å². The molecule has 0 aromatic heterocycles. The molecule has 142 valence electrons. The van der Waals surface area contributed by atoms with E-state index < -0.39 is 0 Å². The third kappa shape index (κ3) is 6.11. The van der Waals surface area contributed by atoms with Crippen LogP contribution < -0.4 is 10.1 Å². The largest absolute Gasteiger partial charge is 0.481 e. The van der Waals surface area contributed by atoms with Gasteiger partial charge >= 0.3 is 0 Å². The van der Waals surface area contributed by atoms with E-state index in [1.165, 1.54) is 11.1 Å². The van der Waals surface area contributed by atoms with E-state index in [0.717, 1.165) is 57.1 Å². The third-order valence-electron chi connectivity index (χ3n) is 4.95. The lowest BCUT2D eigenvalue weighted by Crippen LogP contribution is -2.43. The Morgan fingerprint density at radius 2 is 1.67 bits per heavy atom. The number of benzene rings is 2. The predicted octanol–water partition coefficient (Wildman–Crippen LogP) is 2.74. The molecule has 0 aliphatic carbocycles. The van der Waals surface area contributed by atoms with Crippen LogP contribution >= 0.6 is 0 Å². The number of para-hydroxylation sites is 1. The highest BCUT2D eigenvalue weighted by Gasteiger charge is 2.13. The first-order valence-corrected chi connectivity index (χ1v) is 9.58. The monoisotopic (exact) mass is 363 g/mol. The van der Waals surface area contributed by atoms with Crippen molar-refractivity contribution in [3.05, 3.63) is 65.2 Å². The zero-order valence-corrected chi connectivity index (χ0v) is 16.2. The maximum atomic E-state index is 5.60. The molecule has 0 atom stereocenters. The molecule has 4 nitrogen and oxygen atoms in total. The van der Waals surface area contributed by atoms with Crippen molar-refractivity contribution >= 4 is 0 Å². The van der Waals surface area contributed by atoms with Crippen molar-refractivity contribution in [2.24, 2.45) is 0 Å². The molecule has 1 heterocycles. The Morgan fingerprint density at radius 1 is 0.963 bits per heavy atom. The number of ether oxygens (including phenoxy) is 1. The average molecular weight is 364 g/mol. The van der Waals surface area contributed by atoms with E-state index in [1.54, 1.807) is 0 Å². The first kappa shape index (κ1) is 19.4. The maximum Gasteiger partial charge on any atom is 0.148 e. The van der Waals surface area contributed by atoms with Gasteiger partial charge in [-0.25, -0.2) is 0 Å². The van der Waals surface area contributed by atoms with E-state index in [0.29, 0.717) is 6.61 Å².